The number of carbonyl (C=O) groups is 3. The molecule has 0 spiro atoms. The number of urea groups is 1. The van der Waals surface area contributed by atoms with E-state index in [4.69, 9.17) is 4.74 Å². The third-order valence-corrected chi connectivity index (χ3v) is 7.30. The van der Waals surface area contributed by atoms with Gasteiger partial charge in [-0.3, -0.25) is 14.5 Å². The van der Waals surface area contributed by atoms with E-state index >= 15 is 4.39 Å². The lowest BCUT2D eigenvalue weighted by Gasteiger charge is -2.22. The Bertz CT molecular complexity index is 1540. The molecule has 0 bridgehead atoms. The molecule has 214 valence electrons. The minimum atomic E-state index is -1.21. The van der Waals surface area contributed by atoms with Crippen molar-refractivity contribution in [1.82, 2.24) is 10.2 Å². The number of hydrogen-bond donors (Lipinski definition) is 3. The van der Waals surface area contributed by atoms with E-state index in [1.165, 1.54) is 20.2 Å². The molecule has 3 aromatic rings. The quantitative estimate of drug-likeness (QED) is 0.332. The Morgan fingerprint density at radius 1 is 1.10 bits per heavy atom. The average Bonchev–Trinajstić information content (AvgIpc) is 2.96. The number of amides is 4. The first-order valence-corrected chi connectivity index (χ1v) is 13.1. The van der Waals surface area contributed by atoms with Gasteiger partial charge in [0.15, 0.2) is 5.92 Å². The second-order valence-electron chi connectivity index (χ2n) is 9.98. The van der Waals surface area contributed by atoms with Crippen molar-refractivity contribution in [3.05, 3.63) is 71.0 Å². The minimum absolute atomic E-state index is 0.0659. The fourth-order valence-electron chi connectivity index (χ4n) is 4.75. The number of imide groups is 1. The number of hydrogen-bond acceptors (Lipinski definition) is 6. The molecule has 41 heavy (non-hydrogen) atoms. The van der Waals surface area contributed by atoms with Crippen molar-refractivity contribution in [2.24, 2.45) is 10.9 Å². The van der Waals surface area contributed by atoms with Crippen molar-refractivity contribution < 1.29 is 28.6 Å². The molecule has 2 atom stereocenters. The van der Waals surface area contributed by atoms with Gasteiger partial charge >= 0.3 is 6.03 Å². The molecule has 0 saturated carbocycles. The fourth-order valence-corrected chi connectivity index (χ4v) is 4.75. The first kappa shape index (κ1) is 29.6. The molecule has 1 heterocycles. The van der Waals surface area contributed by atoms with E-state index in [0.717, 1.165) is 38.9 Å². The molecule has 1 aliphatic rings. The molecule has 1 unspecified atom stereocenters. The van der Waals surface area contributed by atoms with Gasteiger partial charge in [-0.25, -0.2) is 14.2 Å². The van der Waals surface area contributed by atoms with Gasteiger partial charge in [-0.1, -0.05) is 30.3 Å². The Hall–Kier alpha value is -4.41. The number of nitrogens with one attached hydrogen (secondary N) is 2. The number of anilines is 1. The van der Waals surface area contributed by atoms with Crippen molar-refractivity contribution in [1.29, 1.82) is 0 Å². The first-order valence-electron chi connectivity index (χ1n) is 13.1. The van der Waals surface area contributed by atoms with E-state index in [1.54, 1.807) is 25.1 Å². The van der Waals surface area contributed by atoms with Crippen molar-refractivity contribution in [2.75, 3.05) is 26.1 Å². The van der Waals surface area contributed by atoms with Gasteiger partial charge in [0.25, 0.3) is 0 Å². The second-order valence-corrected chi connectivity index (χ2v) is 9.98. The monoisotopic (exact) mass is 560 g/mol. The van der Waals surface area contributed by atoms with Gasteiger partial charge in [-0.2, -0.15) is 0 Å². The Morgan fingerprint density at radius 2 is 1.76 bits per heavy atom. The van der Waals surface area contributed by atoms with Crippen LogP contribution in [0.2, 0.25) is 0 Å². The summed E-state index contributed by atoms with van der Waals surface area (Å²) in [5, 5.41) is 15.2. The second kappa shape index (κ2) is 12.4. The summed E-state index contributed by atoms with van der Waals surface area (Å²) in [4.78, 5) is 41.4. The van der Waals surface area contributed by atoms with Gasteiger partial charge in [0, 0.05) is 37.1 Å². The Morgan fingerprint density at radius 3 is 2.44 bits per heavy atom. The van der Waals surface area contributed by atoms with E-state index in [0.29, 0.717) is 22.6 Å². The molecule has 0 saturated heterocycles. The maximum atomic E-state index is 15.3. The molecule has 0 aromatic heterocycles. The van der Waals surface area contributed by atoms with Crippen LogP contribution < -0.4 is 15.4 Å². The zero-order valence-electron chi connectivity index (χ0n) is 23.6. The zero-order chi connectivity index (χ0) is 29.8. The van der Waals surface area contributed by atoms with E-state index in [9.17, 15) is 19.5 Å². The lowest BCUT2D eigenvalue weighted by Crippen LogP contribution is -2.45. The molecule has 9 nitrogen and oxygen atoms in total. The van der Waals surface area contributed by atoms with Crippen LogP contribution in [-0.4, -0.2) is 60.9 Å². The molecule has 0 aliphatic carbocycles. The fraction of sp³-hybridized carbons (Fsp3) is 0.290. The van der Waals surface area contributed by atoms with Crippen molar-refractivity contribution in [3.63, 3.8) is 0 Å². The standard InChI is InChI=1S/C31H33FN4O5/c1-17(16-37)33-14-24-26(32)12-20(13-28(24)41-5)21-8-6-9-22(18(21)2)23-10-7-11-27(19(23)3)35-29(38)25-15-34-31(40)36(4)30(25)39/h6-13,15,17,25,33,37H,14,16H2,1-5H3,(H,35,38)/t17-,25?/m1/s1. The van der Waals surface area contributed by atoms with E-state index in [1.807, 2.05) is 38.1 Å². The van der Waals surface area contributed by atoms with Crippen LogP contribution in [0.15, 0.2) is 53.5 Å². The Labute approximate surface area is 238 Å². The summed E-state index contributed by atoms with van der Waals surface area (Å²) < 4.78 is 20.8. The third kappa shape index (κ3) is 6.03. The van der Waals surface area contributed by atoms with Crippen LogP contribution in [-0.2, 0) is 16.1 Å². The lowest BCUT2D eigenvalue weighted by molar-refractivity contribution is -0.134. The number of nitrogens with zero attached hydrogens (tertiary/aromatic N) is 2. The number of benzene rings is 3. The summed E-state index contributed by atoms with van der Waals surface area (Å²) in [6.07, 6.45) is 1.06. The smallest absolute Gasteiger partial charge is 0.349 e. The number of aliphatic hydroxyl groups excluding tert-OH is 1. The van der Waals surface area contributed by atoms with Crippen molar-refractivity contribution >= 4 is 29.7 Å². The highest BCUT2D eigenvalue weighted by atomic mass is 19.1. The molecular formula is C31H33FN4O5. The number of ether oxygens (including phenoxy) is 1. The minimum Gasteiger partial charge on any atom is -0.496 e. The highest BCUT2D eigenvalue weighted by molar-refractivity contribution is 6.23. The SMILES string of the molecule is COc1cc(-c2cccc(-c3cccc(NC(=O)C4C=NC(=O)N(C)C4=O)c3C)c2C)cc(F)c1CN[C@H](C)CO. The number of methoxy groups -OCH3 is 1. The predicted octanol–water partition coefficient (Wildman–Crippen LogP) is 4.47. The zero-order valence-corrected chi connectivity index (χ0v) is 23.6. The summed E-state index contributed by atoms with van der Waals surface area (Å²) >= 11 is 0. The molecule has 0 radical (unpaired) electrons. The van der Waals surface area contributed by atoms with Crippen LogP contribution in [0.4, 0.5) is 14.9 Å². The molecule has 4 rings (SSSR count). The summed E-state index contributed by atoms with van der Waals surface area (Å²) in [7, 11) is 2.78. The largest absolute Gasteiger partial charge is 0.496 e. The highest BCUT2D eigenvalue weighted by Gasteiger charge is 2.34. The topological polar surface area (TPSA) is 120 Å². The Balaban J connectivity index is 1.67. The van der Waals surface area contributed by atoms with Crippen LogP contribution in [0.5, 0.6) is 5.75 Å². The molecule has 10 heteroatoms. The van der Waals surface area contributed by atoms with Gasteiger partial charge in [0.05, 0.1) is 13.7 Å². The van der Waals surface area contributed by atoms with Crippen LogP contribution in [0, 0.1) is 25.6 Å². The summed E-state index contributed by atoms with van der Waals surface area (Å²) in [5.41, 5.74) is 5.76. The van der Waals surface area contributed by atoms with Crippen LogP contribution in [0.25, 0.3) is 22.3 Å². The summed E-state index contributed by atoms with van der Waals surface area (Å²) in [6, 6.07) is 13.6. The van der Waals surface area contributed by atoms with Gasteiger partial charge in [-0.05, 0) is 72.4 Å². The predicted molar refractivity (Wildman–Crippen MR) is 155 cm³/mol. The van der Waals surface area contributed by atoms with Crippen molar-refractivity contribution in [3.8, 4) is 28.0 Å². The van der Waals surface area contributed by atoms with Gasteiger partial charge in [0.2, 0.25) is 11.8 Å². The highest BCUT2D eigenvalue weighted by Crippen LogP contribution is 2.37. The van der Waals surface area contributed by atoms with Crippen molar-refractivity contribution in [2.45, 2.75) is 33.4 Å². The van der Waals surface area contributed by atoms with Gasteiger partial charge in [-0.15, -0.1) is 0 Å². The normalized spacial score (nSPS) is 15.7. The summed E-state index contributed by atoms with van der Waals surface area (Å²) in [5.74, 6) is -2.46. The number of aliphatic imine (C=N–C) groups is 1. The number of carbonyl (C=O) groups excluding carboxylic acids is 3. The molecule has 0 fully saturated rings. The van der Waals surface area contributed by atoms with E-state index in [2.05, 4.69) is 15.6 Å². The van der Waals surface area contributed by atoms with Gasteiger partial charge < -0.3 is 20.5 Å². The molecule has 1 aliphatic heterocycles. The van der Waals surface area contributed by atoms with Crippen LogP contribution >= 0.6 is 0 Å². The molecular weight excluding hydrogens is 527 g/mol. The number of halogens is 1. The van der Waals surface area contributed by atoms with E-state index < -0.39 is 29.6 Å². The average molecular weight is 561 g/mol. The number of aliphatic hydroxyl groups is 1. The first-order chi connectivity index (χ1) is 19.6. The summed E-state index contributed by atoms with van der Waals surface area (Å²) in [6.45, 7) is 5.76. The number of rotatable bonds is 9. The Kier molecular flexibility index (Phi) is 8.95. The molecule has 3 N–H and O–H groups in total. The third-order valence-electron chi connectivity index (χ3n) is 7.30. The van der Waals surface area contributed by atoms with Gasteiger partial charge in [0.1, 0.15) is 11.6 Å². The van der Waals surface area contributed by atoms with Crippen LogP contribution in [0.3, 0.4) is 0 Å². The van der Waals surface area contributed by atoms with Crippen LogP contribution in [0.1, 0.15) is 23.6 Å². The maximum absolute atomic E-state index is 15.3. The lowest BCUT2D eigenvalue weighted by atomic mass is 9.90. The molecule has 3 aromatic carbocycles. The maximum Gasteiger partial charge on any atom is 0.349 e. The molecule has 4 amide bonds. The van der Waals surface area contributed by atoms with E-state index in [-0.39, 0.29) is 19.2 Å².